The van der Waals surface area contributed by atoms with E-state index in [-0.39, 0.29) is 0 Å². The normalized spacial score (nSPS) is 11.0. The Bertz CT molecular complexity index is 771. The van der Waals surface area contributed by atoms with Gasteiger partial charge in [-0.15, -0.1) is 0 Å². The molecule has 3 rings (SSSR count). The van der Waals surface area contributed by atoms with E-state index in [0.29, 0.717) is 0 Å². The number of aromatic nitrogens is 2. The summed E-state index contributed by atoms with van der Waals surface area (Å²) in [5, 5.41) is 8.84. The van der Waals surface area contributed by atoms with Crippen LogP contribution in [-0.2, 0) is 19.4 Å². The molecule has 0 radical (unpaired) electrons. The van der Waals surface area contributed by atoms with Gasteiger partial charge in [-0.05, 0) is 25.0 Å². The smallest absolute Gasteiger partial charge is 0.141 e. The lowest BCUT2D eigenvalue weighted by Crippen LogP contribution is -2.04. The van der Waals surface area contributed by atoms with Gasteiger partial charge in [0.1, 0.15) is 5.76 Å². The molecule has 0 fully saturated rings. The predicted molar refractivity (Wildman–Crippen MR) is 89.1 cm³/mol. The van der Waals surface area contributed by atoms with Crippen LogP contribution in [0.15, 0.2) is 35.0 Å². The molecule has 0 saturated heterocycles. The summed E-state index contributed by atoms with van der Waals surface area (Å²) in [6.45, 7) is 7.01. The molecule has 1 N–H and O–H groups in total. The van der Waals surface area contributed by atoms with Gasteiger partial charge in [-0.3, -0.25) is 4.98 Å². The zero-order chi connectivity index (χ0) is 15.5. The molecule has 2 aromatic heterocycles. The number of pyridine rings is 1. The largest absolute Gasteiger partial charge is 0.380 e. The molecule has 0 aliphatic heterocycles. The molecule has 3 aromatic rings. The molecular formula is C18H21N3O. The summed E-state index contributed by atoms with van der Waals surface area (Å²) in [6, 6.07) is 8.28. The van der Waals surface area contributed by atoms with E-state index in [1.165, 1.54) is 11.1 Å². The molecule has 0 spiro atoms. The first-order chi connectivity index (χ1) is 10.7. The molecular weight excluding hydrogens is 274 g/mol. The highest BCUT2D eigenvalue weighted by atomic mass is 16.5. The summed E-state index contributed by atoms with van der Waals surface area (Å²) >= 11 is 0. The molecule has 22 heavy (non-hydrogen) atoms. The van der Waals surface area contributed by atoms with Gasteiger partial charge in [-0.1, -0.05) is 37.2 Å². The Hall–Kier alpha value is -2.36. The van der Waals surface area contributed by atoms with Gasteiger partial charge < -0.3 is 9.84 Å². The Labute approximate surface area is 130 Å². The fourth-order valence-electron chi connectivity index (χ4n) is 2.80. The fraction of sp³-hybridized carbons (Fsp3) is 0.333. The number of nitrogens with one attached hydrogen (secondary N) is 1. The van der Waals surface area contributed by atoms with E-state index < -0.39 is 0 Å². The number of hydrogen-bond acceptors (Lipinski definition) is 4. The number of benzene rings is 1. The lowest BCUT2D eigenvalue weighted by atomic mass is 10.1. The highest BCUT2D eigenvalue weighted by Gasteiger charge is 2.13. The molecule has 4 heteroatoms. The van der Waals surface area contributed by atoms with Crippen LogP contribution in [-0.4, -0.2) is 10.1 Å². The lowest BCUT2D eigenvalue weighted by molar-refractivity contribution is 0.380. The number of nitrogens with zero attached hydrogens (tertiary/aromatic N) is 2. The van der Waals surface area contributed by atoms with Crippen molar-refractivity contribution in [1.82, 2.24) is 10.1 Å². The summed E-state index contributed by atoms with van der Waals surface area (Å²) in [6.07, 6.45) is 3.60. The average molecular weight is 295 g/mol. The molecule has 0 aliphatic carbocycles. The molecule has 0 unspecified atom stereocenters. The van der Waals surface area contributed by atoms with Crippen LogP contribution in [0.3, 0.4) is 0 Å². The predicted octanol–water partition coefficient (Wildman–Crippen LogP) is 4.27. The first-order valence-electron chi connectivity index (χ1n) is 7.79. The van der Waals surface area contributed by atoms with E-state index in [2.05, 4.69) is 54.4 Å². The van der Waals surface area contributed by atoms with Crippen molar-refractivity contribution in [3.63, 3.8) is 0 Å². The van der Waals surface area contributed by atoms with Crippen molar-refractivity contribution in [2.45, 2.75) is 40.2 Å². The van der Waals surface area contributed by atoms with Gasteiger partial charge in [0, 0.05) is 35.8 Å². The molecule has 114 valence electrons. The van der Waals surface area contributed by atoms with E-state index >= 15 is 0 Å². The van der Waals surface area contributed by atoms with Gasteiger partial charge >= 0.3 is 0 Å². The second-order valence-corrected chi connectivity index (χ2v) is 5.42. The minimum absolute atomic E-state index is 0.725. The number of para-hydroxylation sites is 1. The van der Waals surface area contributed by atoms with Crippen LogP contribution in [0.4, 0.5) is 5.69 Å². The van der Waals surface area contributed by atoms with Gasteiger partial charge in [0.2, 0.25) is 0 Å². The Kier molecular flexibility index (Phi) is 4.09. The van der Waals surface area contributed by atoms with Gasteiger partial charge in [0.05, 0.1) is 11.2 Å². The van der Waals surface area contributed by atoms with E-state index in [0.717, 1.165) is 47.4 Å². The number of hydrogen-bond donors (Lipinski definition) is 1. The van der Waals surface area contributed by atoms with Crippen molar-refractivity contribution >= 4 is 16.6 Å². The summed E-state index contributed by atoms with van der Waals surface area (Å²) in [4.78, 5) is 4.48. The summed E-state index contributed by atoms with van der Waals surface area (Å²) in [5.41, 5.74) is 5.55. The third-order valence-corrected chi connectivity index (χ3v) is 4.04. The van der Waals surface area contributed by atoms with Crippen molar-refractivity contribution in [2.24, 2.45) is 0 Å². The van der Waals surface area contributed by atoms with Crippen LogP contribution in [0.25, 0.3) is 10.9 Å². The Morgan fingerprint density at radius 1 is 1.14 bits per heavy atom. The molecule has 0 atom stereocenters. The van der Waals surface area contributed by atoms with E-state index in [4.69, 9.17) is 4.52 Å². The summed E-state index contributed by atoms with van der Waals surface area (Å²) in [7, 11) is 0. The zero-order valence-electron chi connectivity index (χ0n) is 13.3. The third kappa shape index (κ3) is 2.56. The first-order valence-corrected chi connectivity index (χ1v) is 7.79. The maximum Gasteiger partial charge on any atom is 0.141 e. The molecule has 0 bridgehead atoms. The molecule has 0 aliphatic rings. The maximum atomic E-state index is 5.43. The van der Waals surface area contributed by atoms with Gasteiger partial charge in [0.15, 0.2) is 0 Å². The fourth-order valence-corrected chi connectivity index (χ4v) is 2.80. The second kappa shape index (κ2) is 6.18. The Morgan fingerprint density at radius 2 is 2.00 bits per heavy atom. The van der Waals surface area contributed by atoms with E-state index in [9.17, 15) is 0 Å². The van der Waals surface area contributed by atoms with Crippen molar-refractivity contribution in [1.29, 1.82) is 0 Å². The van der Waals surface area contributed by atoms with Crippen molar-refractivity contribution in [3.8, 4) is 0 Å². The molecule has 1 aromatic carbocycles. The number of fused-ring (bicyclic) bond motifs is 1. The first kappa shape index (κ1) is 14.6. The Morgan fingerprint density at radius 3 is 2.77 bits per heavy atom. The lowest BCUT2D eigenvalue weighted by Gasteiger charge is -2.11. The number of aryl methyl sites for hydroxylation is 3. The van der Waals surface area contributed by atoms with Crippen molar-refractivity contribution < 1.29 is 4.52 Å². The molecule has 0 saturated carbocycles. The maximum absolute atomic E-state index is 5.43. The highest BCUT2D eigenvalue weighted by Crippen LogP contribution is 2.25. The summed E-state index contributed by atoms with van der Waals surface area (Å²) < 4.78 is 5.43. The Balaban J connectivity index is 1.92. The van der Waals surface area contributed by atoms with Crippen LogP contribution in [0.2, 0.25) is 0 Å². The van der Waals surface area contributed by atoms with Crippen LogP contribution in [0.5, 0.6) is 0 Å². The van der Waals surface area contributed by atoms with Crippen LogP contribution < -0.4 is 5.32 Å². The van der Waals surface area contributed by atoms with E-state index in [1.807, 2.05) is 12.3 Å². The average Bonchev–Trinajstić information content (AvgIpc) is 2.95. The minimum Gasteiger partial charge on any atom is -0.380 e. The van der Waals surface area contributed by atoms with Crippen LogP contribution >= 0.6 is 0 Å². The minimum atomic E-state index is 0.725. The summed E-state index contributed by atoms with van der Waals surface area (Å²) in [5.74, 6) is 0.971. The van der Waals surface area contributed by atoms with Crippen LogP contribution in [0.1, 0.15) is 36.4 Å². The van der Waals surface area contributed by atoms with Gasteiger partial charge in [0.25, 0.3) is 0 Å². The zero-order valence-corrected chi connectivity index (χ0v) is 13.3. The van der Waals surface area contributed by atoms with Crippen molar-refractivity contribution in [3.05, 3.63) is 53.0 Å². The third-order valence-electron chi connectivity index (χ3n) is 4.04. The highest BCUT2D eigenvalue weighted by molar-refractivity contribution is 5.92. The second-order valence-electron chi connectivity index (χ2n) is 5.42. The topological polar surface area (TPSA) is 51.0 Å². The number of rotatable bonds is 5. The standard InChI is InChI=1S/C18H21N3O/c1-4-15-14(17(5-2)22-21-15)11-20-16-9-10-19-18-12(3)7-6-8-13(16)18/h6-10H,4-5,11H2,1-3H3,(H,19,20). The van der Waals surface area contributed by atoms with Gasteiger partial charge in [-0.2, -0.15) is 0 Å². The molecule has 2 heterocycles. The van der Waals surface area contributed by atoms with Crippen molar-refractivity contribution in [2.75, 3.05) is 5.32 Å². The van der Waals surface area contributed by atoms with Gasteiger partial charge in [-0.25, -0.2) is 0 Å². The quantitative estimate of drug-likeness (QED) is 0.763. The van der Waals surface area contributed by atoms with E-state index in [1.54, 1.807) is 0 Å². The van der Waals surface area contributed by atoms with Crippen LogP contribution in [0, 0.1) is 6.92 Å². The number of anilines is 1. The molecule has 4 nitrogen and oxygen atoms in total. The monoisotopic (exact) mass is 295 g/mol. The molecule has 0 amide bonds. The SMILES string of the molecule is CCc1noc(CC)c1CNc1ccnc2c(C)cccc12.